The minimum atomic E-state index is -0.109. The van der Waals surface area contributed by atoms with E-state index in [1.165, 1.54) is 19.3 Å². The molecule has 20 heavy (non-hydrogen) atoms. The normalized spacial score (nSPS) is 17.7. The van der Waals surface area contributed by atoms with Crippen molar-refractivity contribution in [2.24, 2.45) is 0 Å². The fourth-order valence-electron chi connectivity index (χ4n) is 2.69. The topological polar surface area (TPSA) is 52.6 Å². The minimum absolute atomic E-state index is 0.109. The van der Waals surface area contributed by atoms with Gasteiger partial charge in [0.1, 0.15) is 5.75 Å². The Hall–Kier alpha value is -1.55. The number of carbonyl (C=O) groups excluding carboxylic acids is 1. The van der Waals surface area contributed by atoms with E-state index in [1.54, 1.807) is 25.1 Å². The zero-order valence-electron chi connectivity index (χ0n) is 12.4. The first-order valence-corrected chi connectivity index (χ1v) is 7.40. The Kier molecular flexibility index (Phi) is 5.01. The largest absolute Gasteiger partial charge is 0.508 e. The summed E-state index contributed by atoms with van der Waals surface area (Å²) in [5.74, 6) is 0.0592. The van der Waals surface area contributed by atoms with Crippen molar-refractivity contribution in [1.82, 2.24) is 10.2 Å². The lowest BCUT2D eigenvalue weighted by atomic mass is 10.1. The molecule has 1 heterocycles. The third kappa shape index (κ3) is 3.51. The number of amides is 1. The number of piperidine rings is 1. The van der Waals surface area contributed by atoms with Gasteiger partial charge in [-0.3, -0.25) is 9.69 Å². The van der Waals surface area contributed by atoms with E-state index in [1.807, 2.05) is 0 Å². The minimum Gasteiger partial charge on any atom is -0.508 e. The molecular formula is C16H24N2O2. The van der Waals surface area contributed by atoms with Crippen molar-refractivity contribution < 1.29 is 9.90 Å². The second-order valence-corrected chi connectivity index (χ2v) is 5.61. The number of hydrogen-bond acceptors (Lipinski definition) is 3. The number of phenolic OH excluding ortho intramolecular Hbond substituents is 1. The van der Waals surface area contributed by atoms with Gasteiger partial charge >= 0.3 is 0 Å². The van der Waals surface area contributed by atoms with E-state index in [4.69, 9.17) is 0 Å². The molecule has 1 unspecified atom stereocenters. The van der Waals surface area contributed by atoms with E-state index in [2.05, 4.69) is 17.1 Å². The van der Waals surface area contributed by atoms with Gasteiger partial charge in [-0.25, -0.2) is 0 Å². The van der Waals surface area contributed by atoms with E-state index >= 15 is 0 Å². The predicted octanol–water partition coefficient (Wildman–Crippen LogP) is 2.30. The summed E-state index contributed by atoms with van der Waals surface area (Å²) < 4.78 is 0. The van der Waals surface area contributed by atoms with Gasteiger partial charge in [-0.15, -0.1) is 0 Å². The molecule has 2 N–H and O–H groups in total. The summed E-state index contributed by atoms with van der Waals surface area (Å²) in [6, 6.07) is 5.40. The Morgan fingerprint density at radius 2 is 2.05 bits per heavy atom. The van der Waals surface area contributed by atoms with E-state index in [0.29, 0.717) is 23.7 Å². The number of benzene rings is 1. The SMILES string of the molecule is Cc1c(O)cccc1C(=O)NCC(C)N1CCCCC1. The maximum absolute atomic E-state index is 12.2. The summed E-state index contributed by atoms with van der Waals surface area (Å²) >= 11 is 0. The van der Waals surface area contributed by atoms with Gasteiger partial charge in [0.2, 0.25) is 0 Å². The first kappa shape index (κ1) is 14.9. The second kappa shape index (κ2) is 6.75. The Morgan fingerprint density at radius 3 is 2.75 bits per heavy atom. The maximum Gasteiger partial charge on any atom is 0.251 e. The molecule has 1 saturated heterocycles. The number of carbonyl (C=O) groups is 1. The van der Waals surface area contributed by atoms with Crippen LogP contribution in [-0.2, 0) is 0 Å². The first-order valence-electron chi connectivity index (χ1n) is 7.40. The highest BCUT2D eigenvalue weighted by atomic mass is 16.3. The molecule has 0 bridgehead atoms. The molecule has 1 aliphatic heterocycles. The number of aromatic hydroxyl groups is 1. The van der Waals surface area contributed by atoms with Gasteiger partial charge in [-0.05, 0) is 51.9 Å². The lowest BCUT2D eigenvalue weighted by Crippen LogP contribution is -2.44. The molecule has 1 amide bonds. The summed E-state index contributed by atoms with van der Waals surface area (Å²) in [4.78, 5) is 14.6. The number of nitrogens with one attached hydrogen (secondary N) is 1. The summed E-state index contributed by atoms with van der Waals surface area (Å²) in [7, 11) is 0. The molecule has 1 atom stereocenters. The number of phenols is 1. The molecule has 4 nitrogen and oxygen atoms in total. The molecule has 1 aromatic rings. The van der Waals surface area contributed by atoms with Crippen LogP contribution < -0.4 is 5.32 Å². The van der Waals surface area contributed by atoms with Crippen LogP contribution in [0.1, 0.15) is 42.1 Å². The lowest BCUT2D eigenvalue weighted by Gasteiger charge is -2.32. The monoisotopic (exact) mass is 276 g/mol. The van der Waals surface area contributed by atoms with E-state index in [-0.39, 0.29) is 11.7 Å². The van der Waals surface area contributed by atoms with Crippen LogP contribution in [-0.4, -0.2) is 41.6 Å². The van der Waals surface area contributed by atoms with Crippen LogP contribution in [0.5, 0.6) is 5.75 Å². The quantitative estimate of drug-likeness (QED) is 0.887. The van der Waals surface area contributed by atoms with Gasteiger partial charge < -0.3 is 10.4 Å². The van der Waals surface area contributed by atoms with Crippen molar-refractivity contribution in [2.75, 3.05) is 19.6 Å². The highest BCUT2D eigenvalue weighted by Gasteiger charge is 2.18. The van der Waals surface area contributed by atoms with Gasteiger partial charge in [0.05, 0.1) is 0 Å². The molecule has 0 radical (unpaired) electrons. The summed E-state index contributed by atoms with van der Waals surface area (Å²) in [5, 5.41) is 12.6. The van der Waals surface area contributed by atoms with Crippen LogP contribution in [0.15, 0.2) is 18.2 Å². The molecule has 1 fully saturated rings. The van der Waals surface area contributed by atoms with E-state index in [0.717, 1.165) is 13.1 Å². The highest BCUT2D eigenvalue weighted by Crippen LogP contribution is 2.19. The van der Waals surface area contributed by atoms with Gasteiger partial charge in [0.25, 0.3) is 5.91 Å². The van der Waals surface area contributed by atoms with Gasteiger partial charge in [-0.2, -0.15) is 0 Å². The Morgan fingerprint density at radius 1 is 1.35 bits per heavy atom. The van der Waals surface area contributed by atoms with Gasteiger partial charge in [-0.1, -0.05) is 12.5 Å². The molecule has 0 aromatic heterocycles. The van der Waals surface area contributed by atoms with Crippen LogP contribution in [0.4, 0.5) is 0 Å². The lowest BCUT2D eigenvalue weighted by molar-refractivity contribution is 0.0929. The predicted molar refractivity (Wildman–Crippen MR) is 80.1 cm³/mol. The Bertz CT molecular complexity index is 468. The van der Waals surface area contributed by atoms with Crippen molar-refractivity contribution in [3.8, 4) is 5.75 Å². The molecule has 1 aliphatic rings. The smallest absolute Gasteiger partial charge is 0.251 e. The third-order valence-electron chi connectivity index (χ3n) is 4.12. The first-order chi connectivity index (χ1) is 9.59. The van der Waals surface area contributed by atoms with E-state index < -0.39 is 0 Å². The van der Waals surface area contributed by atoms with Crippen molar-refractivity contribution in [1.29, 1.82) is 0 Å². The molecular weight excluding hydrogens is 252 g/mol. The number of rotatable bonds is 4. The summed E-state index contributed by atoms with van der Waals surface area (Å²) in [6.07, 6.45) is 3.83. The van der Waals surface area contributed by atoms with E-state index in [9.17, 15) is 9.90 Å². The second-order valence-electron chi connectivity index (χ2n) is 5.61. The Balaban J connectivity index is 1.89. The van der Waals surface area contributed by atoms with Crippen LogP contribution in [0.25, 0.3) is 0 Å². The van der Waals surface area contributed by atoms with Crippen LogP contribution >= 0.6 is 0 Å². The van der Waals surface area contributed by atoms with Crippen molar-refractivity contribution in [3.05, 3.63) is 29.3 Å². The Labute approximate surface area is 120 Å². The zero-order chi connectivity index (χ0) is 14.5. The molecule has 110 valence electrons. The van der Waals surface area contributed by atoms with Crippen LogP contribution in [0, 0.1) is 6.92 Å². The van der Waals surface area contributed by atoms with Crippen LogP contribution in [0.2, 0.25) is 0 Å². The fourth-order valence-corrected chi connectivity index (χ4v) is 2.69. The third-order valence-corrected chi connectivity index (χ3v) is 4.12. The van der Waals surface area contributed by atoms with Crippen molar-refractivity contribution in [2.45, 2.75) is 39.2 Å². The molecule has 0 aliphatic carbocycles. The number of hydrogen-bond donors (Lipinski definition) is 2. The number of nitrogens with zero attached hydrogens (tertiary/aromatic N) is 1. The zero-order valence-corrected chi connectivity index (χ0v) is 12.4. The molecule has 2 rings (SSSR count). The molecule has 0 saturated carbocycles. The summed E-state index contributed by atoms with van der Waals surface area (Å²) in [6.45, 7) is 6.82. The van der Waals surface area contributed by atoms with Crippen molar-refractivity contribution >= 4 is 5.91 Å². The standard InChI is InChI=1S/C16H24N2O2/c1-12(18-9-4-3-5-10-18)11-17-16(20)14-7-6-8-15(19)13(14)2/h6-8,12,19H,3-5,9-11H2,1-2H3,(H,17,20). The number of likely N-dealkylation sites (tertiary alicyclic amines) is 1. The maximum atomic E-state index is 12.2. The van der Waals surface area contributed by atoms with Gasteiger partial charge in [0, 0.05) is 23.7 Å². The summed E-state index contributed by atoms with van der Waals surface area (Å²) in [5.41, 5.74) is 1.19. The van der Waals surface area contributed by atoms with Crippen molar-refractivity contribution in [3.63, 3.8) is 0 Å². The van der Waals surface area contributed by atoms with Crippen LogP contribution in [0.3, 0.4) is 0 Å². The van der Waals surface area contributed by atoms with Gasteiger partial charge in [0.15, 0.2) is 0 Å². The highest BCUT2D eigenvalue weighted by molar-refractivity contribution is 5.96. The average Bonchev–Trinajstić information content (AvgIpc) is 2.48. The molecule has 1 aromatic carbocycles. The fraction of sp³-hybridized carbons (Fsp3) is 0.562. The molecule has 4 heteroatoms. The average molecular weight is 276 g/mol. The molecule has 0 spiro atoms.